The molecule has 3 N–H and O–H groups in total. The van der Waals surface area contributed by atoms with Crippen LogP contribution in [0.1, 0.15) is 20.3 Å². The predicted molar refractivity (Wildman–Crippen MR) is 71.6 cm³/mol. The van der Waals surface area contributed by atoms with Crippen molar-refractivity contribution in [1.29, 1.82) is 0 Å². The summed E-state index contributed by atoms with van der Waals surface area (Å²) < 4.78 is 25.1. The van der Waals surface area contributed by atoms with Crippen molar-refractivity contribution in [2.45, 2.75) is 20.3 Å². The van der Waals surface area contributed by atoms with Crippen molar-refractivity contribution in [1.82, 2.24) is 5.43 Å². The van der Waals surface area contributed by atoms with Crippen LogP contribution in [-0.4, -0.2) is 20.1 Å². The Balaban J connectivity index is 2.60. The number of carbonyl (C=O) groups is 1. The third-order valence-electron chi connectivity index (χ3n) is 2.21. The van der Waals surface area contributed by atoms with Gasteiger partial charge in [0.25, 0.3) is 0 Å². The molecule has 0 aromatic heterocycles. The van der Waals surface area contributed by atoms with Crippen LogP contribution in [-0.2, 0) is 14.8 Å². The first-order chi connectivity index (χ1) is 8.46. The van der Waals surface area contributed by atoms with Crippen LogP contribution in [0.25, 0.3) is 0 Å². The van der Waals surface area contributed by atoms with E-state index in [1.54, 1.807) is 38.1 Å². The minimum atomic E-state index is -3.26. The van der Waals surface area contributed by atoms with Gasteiger partial charge >= 0.3 is 0 Å². The fourth-order valence-electron chi connectivity index (χ4n) is 1.10. The van der Waals surface area contributed by atoms with Crippen molar-refractivity contribution in [3.63, 3.8) is 0 Å². The van der Waals surface area contributed by atoms with Gasteiger partial charge < -0.3 is 0 Å². The predicted octanol–water partition coefficient (Wildman–Crippen LogP) is 1.30. The zero-order chi connectivity index (χ0) is 13.6. The Morgan fingerprint density at radius 2 is 1.67 bits per heavy atom. The second-order valence-corrected chi connectivity index (χ2v) is 5.62. The number of hydrogen-bond donors (Lipinski definition) is 3. The van der Waals surface area contributed by atoms with Crippen molar-refractivity contribution in [3.8, 4) is 0 Å². The van der Waals surface area contributed by atoms with Gasteiger partial charge in [0, 0.05) is 12.1 Å². The Hall–Kier alpha value is -1.76. The third kappa shape index (κ3) is 4.62. The maximum absolute atomic E-state index is 11.3. The number of hydrogen-bond acceptors (Lipinski definition) is 4. The molecule has 0 atom stereocenters. The molecule has 0 bridgehead atoms. The highest BCUT2D eigenvalue weighted by Crippen LogP contribution is 2.14. The molecule has 1 aromatic carbocycles. The molecular weight excluding hydrogens is 254 g/mol. The summed E-state index contributed by atoms with van der Waals surface area (Å²) in [4.78, 5) is 11.0. The maximum Gasteiger partial charge on any atom is 0.238 e. The van der Waals surface area contributed by atoms with Gasteiger partial charge in [0.05, 0.1) is 11.4 Å². The van der Waals surface area contributed by atoms with Gasteiger partial charge in [0.15, 0.2) is 0 Å². The lowest BCUT2D eigenvalue weighted by molar-refractivity contribution is -0.120. The molecule has 100 valence electrons. The van der Waals surface area contributed by atoms with Crippen molar-refractivity contribution in [2.75, 3.05) is 15.9 Å². The van der Waals surface area contributed by atoms with E-state index in [0.29, 0.717) is 17.8 Å². The Bertz CT molecular complexity index is 497. The molecule has 0 radical (unpaired) electrons. The molecule has 0 unspecified atom stereocenters. The summed E-state index contributed by atoms with van der Waals surface area (Å²) in [5, 5.41) is 0. The second-order valence-electron chi connectivity index (χ2n) is 3.61. The molecule has 0 aliphatic rings. The quantitative estimate of drug-likeness (QED) is 0.681. The van der Waals surface area contributed by atoms with Crippen LogP contribution in [0.2, 0.25) is 0 Å². The molecule has 18 heavy (non-hydrogen) atoms. The first-order valence-electron chi connectivity index (χ1n) is 5.62. The van der Waals surface area contributed by atoms with E-state index < -0.39 is 10.0 Å². The molecule has 0 saturated heterocycles. The van der Waals surface area contributed by atoms with E-state index >= 15 is 0 Å². The normalized spacial score (nSPS) is 10.8. The number of amides is 1. The van der Waals surface area contributed by atoms with E-state index in [2.05, 4.69) is 15.6 Å². The van der Waals surface area contributed by atoms with Gasteiger partial charge in [-0.05, 0) is 31.2 Å². The van der Waals surface area contributed by atoms with Gasteiger partial charge in [-0.15, -0.1) is 0 Å². The second kappa shape index (κ2) is 6.25. The van der Waals surface area contributed by atoms with Crippen LogP contribution in [0.15, 0.2) is 24.3 Å². The zero-order valence-electron chi connectivity index (χ0n) is 10.4. The highest BCUT2D eigenvalue weighted by Gasteiger charge is 2.06. The van der Waals surface area contributed by atoms with E-state index in [-0.39, 0.29) is 11.7 Å². The fraction of sp³-hybridized carbons (Fsp3) is 0.364. The van der Waals surface area contributed by atoms with Crippen LogP contribution in [0, 0.1) is 0 Å². The lowest BCUT2D eigenvalue weighted by atomic mass is 10.3. The molecule has 1 amide bonds. The Labute approximate surface area is 107 Å². The third-order valence-corrected chi connectivity index (χ3v) is 3.51. The van der Waals surface area contributed by atoms with Gasteiger partial charge in [-0.1, -0.05) is 6.92 Å². The van der Waals surface area contributed by atoms with Gasteiger partial charge in [-0.25, -0.2) is 8.42 Å². The first kappa shape index (κ1) is 14.3. The van der Waals surface area contributed by atoms with E-state index in [1.807, 2.05) is 0 Å². The van der Waals surface area contributed by atoms with E-state index in [1.165, 1.54) is 0 Å². The van der Waals surface area contributed by atoms with Crippen LogP contribution in [0.4, 0.5) is 11.4 Å². The minimum absolute atomic E-state index is 0.0273. The van der Waals surface area contributed by atoms with Crippen molar-refractivity contribution in [2.24, 2.45) is 0 Å². The number of anilines is 2. The number of benzene rings is 1. The van der Waals surface area contributed by atoms with Crippen molar-refractivity contribution >= 4 is 27.3 Å². The first-order valence-corrected chi connectivity index (χ1v) is 7.27. The number of rotatable bonds is 6. The summed E-state index contributed by atoms with van der Waals surface area (Å²) in [6.07, 6.45) is 0.390. The summed E-state index contributed by atoms with van der Waals surface area (Å²) in [5.41, 5.74) is 6.39. The van der Waals surface area contributed by atoms with Crippen LogP contribution in [0.5, 0.6) is 0 Å². The monoisotopic (exact) mass is 271 g/mol. The van der Waals surface area contributed by atoms with Crippen LogP contribution < -0.4 is 15.6 Å². The largest absolute Gasteiger partial charge is 0.299 e. The highest BCUT2D eigenvalue weighted by molar-refractivity contribution is 7.92. The van der Waals surface area contributed by atoms with E-state index in [0.717, 1.165) is 0 Å². The van der Waals surface area contributed by atoms with Gasteiger partial charge in [0.2, 0.25) is 15.9 Å². The molecule has 0 saturated carbocycles. The SMILES string of the molecule is CCC(=O)NNc1ccc(NS(=O)(=O)CC)cc1. The average molecular weight is 271 g/mol. The van der Waals surface area contributed by atoms with Gasteiger partial charge in [0.1, 0.15) is 0 Å². The molecule has 0 heterocycles. The molecule has 1 aromatic rings. The Morgan fingerprint density at radius 1 is 1.11 bits per heavy atom. The number of sulfonamides is 1. The highest BCUT2D eigenvalue weighted by atomic mass is 32.2. The smallest absolute Gasteiger partial charge is 0.238 e. The summed E-state index contributed by atoms with van der Waals surface area (Å²) in [7, 11) is -3.26. The summed E-state index contributed by atoms with van der Waals surface area (Å²) >= 11 is 0. The summed E-state index contributed by atoms with van der Waals surface area (Å²) in [5.74, 6) is -0.0923. The van der Waals surface area contributed by atoms with Gasteiger partial charge in [-0.2, -0.15) is 0 Å². The zero-order valence-corrected chi connectivity index (χ0v) is 11.2. The summed E-state index contributed by atoms with van der Waals surface area (Å²) in [6, 6.07) is 6.58. The average Bonchev–Trinajstić information content (AvgIpc) is 2.37. The number of hydrazine groups is 1. The molecular formula is C11H17N3O3S. The fourth-order valence-corrected chi connectivity index (χ4v) is 1.74. The molecule has 1 rings (SSSR count). The maximum atomic E-state index is 11.3. The summed E-state index contributed by atoms with van der Waals surface area (Å²) in [6.45, 7) is 3.32. The molecule has 0 aliphatic heterocycles. The number of nitrogens with one attached hydrogen (secondary N) is 3. The van der Waals surface area contributed by atoms with Crippen LogP contribution >= 0.6 is 0 Å². The van der Waals surface area contributed by atoms with Crippen LogP contribution in [0.3, 0.4) is 0 Å². The lowest BCUT2D eigenvalue weighted by Crippen LogP contribution is -2.28. The van der Waals surface area contributed by atoms with E-state index in [4.69, 9.17) is 0 Å². The molecule has 7 heteroatoms. The Kier molecular flexibility index (Phi) is 4.96. The van der Waals surface area contributed by atoms with Gasteiger partial charge in [-0.3, -0.25) is 20.4 Å². The molecule has 0 spiro atoms. The topological polar surface area (TPSA) is 87.3 Å². The minimum Gasteiger partial charge on any atom is -0.299 e. The number of carbonyl (C=O) groups excluding carboxylic acids is 1. The molecule has 0 fully saturated rings. The van der Waals surface area contributed by atoms with Crippen molar-refractivity contribution in [3.05, 3.63) is 24.3 Å². The van der Waals surface area contributed by atoms with Crippen molar-refractivity contribution < 1.29 is 13.2 Å². The lowest BCUT2D eigenvalue weighted by Gasteiger charge is -2.09. The standard InChI is InChI=1S/C11H17N3O3S/c1-3-11(15)13-12-9-5-7-10(8-6-9)14-18(16,17)4-2/h5-8,12,14H,3-4H2,1-2H3,(H,13,15). The Morgan fingerprint density at radius 3 is 2.17 bits per heavy atom. The molecule has 0 aliphatic carbocycles. The van der Waals surface area contributed by atoms with E-state index in [9.17, 15) is 13.2 Å². The molecule has 6 nitrogen and oxygen atoms in total.